The molecule has 0 bridgehead atoms. The summed E-state index contributed by atoms with van der Waals surface area (Å²) >= 11 is 5.06. The molecule has 0 rings (SSSR count). The molecule has 0 aliphatic heterocycles. The van der Waals surface area contributed by atoms with E-state index in [1.165, 1.54) is 13.0 Å². The summed E-state index contributed by atoms with van der Waals surface area (Å²) in [5.41, 5.74) is 5.71. The third-order valence-electron chi connectivity index (χ3n) is 3.33. The molecule has 0 aromatic heterocycles. The van der Waals surface area contributed by atoms with E-state index >= 15 is 0 Å². The van der Waals surface area contributed by atoms with Crippen molar-refractivity contribution in [1.29, 1.82) is 0 Å². The Balaban J connectivity index is 3.77. The lowest BCUT2D eigenvalue weighted by Gasteiger charge is -2.25. The fraction of sp³-hybridized carbons (Fsp3) is 0.923. The molecule has 0 radical (unpaired) electrons. The minimum absolute atomic E-state index is 0.00649. The van der Waals surface area contributed by atoms with Gasteiger partial charge in [-0.3, -0.25) is 0 Å². The second-order valence-corrected chi connectivity index (χ2v) is 6.07. The Morgan fingerprint density at radius 3 is 2.44 bits per heavy atom. The van der Waals surface area contributed by atoms with Crippen LogP contribution in [0.1, 0.15) is 47.0 Å². The molecule has 96 valence electrons. The van der Waals surface area contributed by atoms with Gasteiger partial charge >= 0.3 is 0 Å². The average Bonchev–Trinajstić information content (AvgIpc) is 2.16. The van der Waals surface area contributed by atoms with Gasteiger partial charge in [-0.1, -0.05) is 46.3 Å². The van der Waals surface area contributed by atoms with Crippen molar-refractivity contribution in [2.45, 2.75) is 47.0 Å². The molecule has 16 heavy (non-hydrogen) atoms. The summed E-state index contributed by atoms with van der Waals surface area (Å²) in [6.07, 6.45) is 3.49. The average molecular weight is 244 g/mol. The maximum absolute atomic E-state index is 5.71. The molecule has 0 heterocycles. The number of nitrogens with two attached hydrogens (primary N) is 1. The Bertz CT molecular complexity index is 214. The van der Waals surface area contributed by atoms with Crippen LogP contribution < -0.4 is 5.73 Å². The van der Waals surface area contributed by atoms with E-state index in [0.29, 0.717) is 4.99 Å². The molecule has 0 aliphatic carbocycles. The first-order valence-corrected chi connectivity index (χ1v) is 6.69. The normalized spacial score (nSPS) is 14.1. The largest absolute Gasteiger partial charge is 0.393 e. The Labute approximate surface area is 107 Å². The van der Waals surface area contributed by atoms with E-state index in [-0.39, 0.29) is 5.41 Å². The van der Waals surface area contributed by atoms with Crippen LogP contribution >= 0.6 is 12.2 Å². The summed E-state index contributed by atoms with van der Waals surface area (Å²) in [5.74, 6) is 0.786. The standard InChI is InChI=1S/C13H28N2S/c1-6-11(2)10-15(5)9-7-8-13(3,4)12(14)16/h11H,6-10H2,1-5H3,(H2,14,16). The Morgan fingerprint density at radius 2 is 2.00 bits per heavy atom. The van der Waals surface area contributed by atoms with Crippen molar-refractivity contribution >= 4 is 17.2 Å². The van der Waals surface area contributed by atoms with Gasteiger partial charge in [-0.2, -0.15) is 0 Å². The van der Waals surface area contributed by atoms with Gasteiger partial charge in [0.1, 0.15) is 0 Å². The van der Waals surface area contributed by atoms with Crippen LogP contribution in [0, 0.1) is 11.3 Å². The van der Waals surface area contributed by atoms with Crippen LogP contribution in [0.5, 0.6) is 0 Å². The molecule has 0 saturated carbocycles. The van der Waals surface area contributed by atoms with Crippen LogP contribution in [0.25, 0.3) is 0 Å². The number of rotatable bonds is 8. The highest BCUT2D eigenvalue weighted by Gasteiger charge is 2.20. The Hall–Kier alpha value is -0.150. The SMILES string of the molecule is CCC(C)CN(C)CCCC(C)(C)C(N)=S. The van der Waals surface area contributed by atoms with E-state index in [4.69, 9.17) is 18.0 Å². The lowest BCUT2D eigenvalue weighted by molar-refractivity contribution is 0.267. The first-order valence-electron chi connectivity index (χ1n) is 6.28. The first-order chi connectivity index (χ1) is 7.29. The number of hydrogen-bond donors (Lipinski definition) is 1. The predicted octanol–water partition coefficient (Wildman–Crippen LogP) is 3.06. The maximum atomic E-state index is 5.71. The second kappa shape index (κ2) is 7.23. The zero-order valence-electron chi connectivity index (χ0n) is 11.5. The molecule has 0 fully saturated rings. The molecule has 2 N–H and O–H groups in total. The molecule has 1 unspecified atom stereocenters. The number of hydrogen-bond acceptors (Lipinski definition) is 2. The second-order valence-electron chi connectivity index (χ2n) is 5.63. The van der Waals surface area contributed by atoms with Crippen molar-refractivity contribution in [3.8, 4) is 0 Å². The quantitative estimate of drug-likeness (QED) is 0.665. The van der Waals surface area contributed by atoms with Crippen LogP contribution in [0.15, 0.2) is 0 Å². The Kier molecular flexibility index (Phi) is 7.16. The zero-order chi connectivity index (χ0) is 12.8. The molecule has 0 amide bonds. The molecule has 3 heteroatoms. The van der Waals surface area contributed by atoms with Crippen molar-refractivity contribution in [3.63, 3.8) is 0 Å². The van der Waals surface area contributed by atoms with Crippen molar-refractivity contribution < 1.29 is 0 Å². The topological polar surface area (TPSA) is 29.3 Å². The van der Waals surface area contributed by atoms with E-state index < -0.39 is 0 Å². The van der Waals surface area contributed by atoms with Gasteiger partial charge in [0.05, 0.1) is 4.99 Å². The van der Waals surface area contributed by atoms with E-state index in [0.717, 1.165) is 25.3 Å². The highest BCUT2D eigenvalue weighted by Crippen LogP contribution is 2.22. The monoisotopic (exact) mass is 244 g/mol. The zero-order valence-corrected chi connectivity index (χ0v) is 12.4. The first kappa shape index (κ1) is 15.9. The van der Waals surface area contributed by atoms with Crippen LogP contribution in [-0.2, 0) is 0 Å². The molecule has 0 aromatic rings. The van der Waals surface area contributed by atoms with Gasteiger partial charge < -0.3 is 10.6 Å². The minimum atomic E-state index is 0.00649. The van der Waals surface area contributed by atoms with Gasteiger partial charge in [0, 0.05) is 12.0 Å². The van der Waals surface area contributed by atoms with Crippen LogP contribution in [-0.4, -0.2) is 30.0 Å². The molecular weight excluding hydrogens is 216 g/mol. The van der Waals surface area contributed by atoms with E-state index in [2.05, 4.69) is 39.6 Å². The molecule has 0 aliphatic rings. The van der Waals surface area contributed by atoms with Gasteiger partial charge in [0.2, 0.25) is 0 Å². The fourth-order valence-corrected chi connectivity index (χ4v) is 1.77. The van der Waals surface area contributed by atoms with Crippen LogP contribution in [0.3, 0.4) is 0 Å². The van der Waals surface area contributed by atoms with Gasteiger partial charge in [0.15, 0.2) is 0 Å². The molecule has 0 saturated heterocycles. The lowest BCUT2D eigenvalue weighted by atomic mass is 9.88. The highest BCUT2D eigenvalue weighted by molar-refractivity contribution is 7.80. The number of nitrogens with zero attached hydrogens (tertiary/aromatic N) is 1. The van der Waals surface area contributed by atoms with Crippen molar-refractivity contribution in [3.05, 3.63) is 0 Å². The third-order valence-corrected chi connectivity index (χ3v) is 3.88. The van der Waals surface area contributed by atoms with Crippen molar-refractivity contribution in [2.75, 3.05) is 20.1 Å². The molecule has 2 nitrogen and oxygen atoms in total. The van der Waals surface area contributed by atoms with Gasteiger partial charge in [-0.15, -0.1) is 0 Å². The Morgan fingerprint density at radius 1 is 1.44 bits per heavy atom. The lowest BCUT2D eigenvalue weighted by Crippen LogP contribution is -2.31. The minimum Gasteiger partial charge on any atom is -0.393 e. The smallest absolute Gasteiger partial charge is 0.0784 e. The predicted molar refractivity (Wildman–Crippen MR) is 76.8 cm³/mol. The third kappa shape index (κ3) is 6.44. The van der Waals surface area contributed by atoms with E-state index in [9.17, 15) is 0 Å². The van der Waals surface area contributed by atoms with Crippen molar-refractivity contribution in [1.82, 2.24) is 4.90 Å². The van der Waals surface area contributed by atoms with Crippen molar-refractivity contribution in [2.24, 2.45) is 17.1 Å². The molecule has 0 spiro atoms. The maximum Gasteiger partial charge on any atom is 0.0784 e. The summed E-state index contributed by atoms with van der Waals surface area (Å²) in [6.45, 7) is 11.1. The summed E-state index contributed by atoms with van der Waals surface area (Å²) in [4.78, 5) is 3.04. The summed E-state index contributed by atoms with van der Waals surface area (Å²) in [7, 11) is 2.19. The van der Waals surface area contributed by atoms with Gasteiger partial charge in [0.25, 0.3) is 0 Å². The van der Waals surface area contributed by atoms with E-state index in [1.807, 2.05) is 0 Å². The van der Waals surface area contributed by atoms with Crippen LogP contribution in [0.2, 0.25) is 0 Å². The summed E-state index contributed by atoms with van der Waals surface area (Å²) in [5, 5.41) is 0. The molecular formula is C13H28N2S. The van der Waals surface area contributed by atoms with Gasteiger partial charge in [-0.05, 0) is 32.4 Å². The number of thiocarbonyl (C=S) groups is 1. The highest BCUT2D eigenvalue weighted by atomic mass is 32.1. The van der Waals surface area contributed by atoms with E-state index in [1.54, 1.807) is 0 Å². The summed E-state index contributed by atoms with van der Waals surface area (Å²) in [6, 6.07) is 0. The molecule has 0 aromatic carbocycles. The summed E-state index contributed by atoms with van der Waals surface area (Å²) < 4.78 is 0. The fourth-order valence-electron chi connectivity index (χ4n) is 1.67. The van der Waals surface area contributed by atoms with Gasteiger partial charge in [-0.25, -0.2) is 0 Å². The molecule has 1 atom stereocenters. The van der Waals surface area contributed by atoms with Crippen LogP contribution in [0.4, 0.5) is 0 Å².